The number of hydrogen-bond donors (Lipinski definition) is 0. The van der Waals surface area contributed by atoms with E-state index in [4.69, 9.17) is 23.7 Å². The average Bonchev–Trinajstić information content (AvgIpc) is 3.13. The van der Waals surface area contributed by atoms with E-state index in [2.05, 4.69) is 6.58 Å². The molecule has 0 saturated heterocycles. The molecule has 0 unspecified atom stereocenters. The number of carbonyl (C=O) groups excluding carboxylic acids is 4. The maximum absolute atomic E-state index is 12.7. The first kappa shape index (κ1) is 35.9. The third-order valence-corrected chi connectivity index (χ3v) is 7.07. The van der Waals surface area contributed by atoms with Crippen LogP contribution in [0.3, 0.4) is 0 Å². The van der Waals surface area contributed by atoms with Gasteiger partial charge in [-0.1, -0.05) is 56.3 Å². The molecule has 4 aromatic carbocycles. The van der Waals surface area contributed by atoms with Gasteiger partial charge in [0.05, 0.1) is 30.9 Å². The molecule has 0 aliphatic heterocycles. The maximum Gasteiger partial charge on any atom is 0.343 e. The van der Waals surface area contributed by atoms with E-state index in [-0.39, 0.29) is 11.7 Å². The van der Waals surface area contributed by atoms with Crippen LogP contribution in [0.2, 0.25) is 0 Å². The summed E-state index contributed by atoms with van der Waals surface area (Å²) in [6.45, 7) is 6.54. The second kappa shape index (κ2) is 19.0. The van der Waals surface area contributed by atoms with Gasteiger partial charge in [-0.15, -0.1) is 0 Å². The van der Waals surface area contributed by atoms with Crippen molar-refractivity contribution in [3.05, 3.63) is 132 Å². The van der Waals surface area contributed by atoms with Gasteiger partial charge in [-0.25, -0.2) is 19.2 Å². The van der Waals surface area contributed by atoms with Crippen molar-refractivity contribution in [2.75, 3.05) is 19.8 Å². The lowest BCUT2D eigenvalue weighted by molar-refractivity contribution is -0.138. The molecule has 252 valence electrons. The summed E-state index contributed by atoms with van der Waals surface area (Å²) in [6, 6.07) is 27.5. The molecule has 0 heterocycles. The van der Waals surface area contributed by atoms with Gasteiger partial charge in [0.25, 0.3) is 0 Å². The third-order valence-electron chi connectivity index (χ3n) is 7.07. The molecule has 9 nitrogen and oxygen atoms in total. The number of rotatable bonds is 17. The largest absolute Gasteiger partial charge is 0.494 e. The van der Waals surface area contributed by atoms with E-state index < -0.39 is 17.9 Å². The van der Waals surface area contributed by atoms with Crippen molar-refractivity contribution in [3.63, 3.8) is 0 Å². The van der Waals surface area contributed by atoms with Crippen LogP contribution in [0.1, 0.15) is 58.9 Å². The molecule has 4 rings (SSSR count). The standard InChI is InChI=1S/C40H38O9/c1-3-5-26-47-38(42)25-10-29-8-11-30(12-9-29)31-13-21-35(22-14-31)48-40(44)33-17-23-36(24-18-33)49-39(43)32-15-19-34(20-16-32)45-27-6-7-28-46-37(41)4-2/h4,8-25H,2-3,5-7,26-28H2,1H3/b25-10+. The molecule has 0 aliphatic rings. The number of carbonyl (C=O) groups is 4. The molecule has 0 aliphatic carbocycles. The highest BCUT2D eigenvalue weighted by Crippen LogP contribution is 2.24. The summed E-state index contributed by atoms with van der Waals surface area (Å²) in [6.07, 6.45) is 7.42. The van der Waals surface area contributed by atoms with Gasteiger partial charge in [0.1, 0.15) is 17.2 Å². The number of ether oxygens (including phenoxy) is 5. The Labute approximate surface area is 285 Å². The molecule has 0 saturated carbocycles. The molecule has 0 amide bonds. The van der Waals surface area contributed by atoms with Crippen LogP contribution in [0.5, 0.6) is 17.2 Å². The van der Waals surface area contributed by atoms with Crippen LogP contribution >= 0.6 is 0 Å². The summed E-state index contributed by atoms with van der Waals surface area (Å²) in [7, 11) is 0. The Hall–Kier alpha value is -5.96. The normalized spacial score (nSPS) is 10.6. The lowest BCUT2D eigenvalue weighted by Crippen LogP contribution is -2.10. The van der Waals surface area contributed by atoms with Gasteiger partial charge in [0, 0.05) is 12.2 Å². The summed E-state index contributed by atoms with van der Waals surface area (Å²) in [5.41, 5.74) is 3.40. The highest BCUT2D eigenvalue weighted by atomic mass is 16.5. The topological polar surface area (TPSA) is 114 Å². The molecule has 0 atom stereocenters. The van der Waals surface area contributed by atoms with Crippen molar-refractivity contribution >= 4 is 30.0 Å². The Morgan fingerprint density at radius 3 is 1.59 bits per heavy atom. The average molecular weight is 663 g/mol. The van der Waals surface area contributed by atoms with Gasteiger partial charge in [0.15, 0.2) is 0 Å². The molecular formula is C40H38O9. The predicted molar refractivity (Wildman–Crippen MR) is 185 cm³/mol. The van der Waals surface area contributed by atoms with Crippen molar-refractivity contribution in [2.24, 2.45) is 0 Å². The van der Waals surface area contributed by atoms with E-state index in [0.29, 0.717) is 55.3 Å². The predicted octanol–water partition coefficient (Wildman–Crippen LogP) is 8.04. The van der Waals surface area contributed by atoms with E-state index >= 15 is 0 Å². The van der Waals surface area contributed by atoms with Crippen LogP contribution in [0.15, 0.2) is 116 Å². The van der Waals surface area contributed by atoms with Gasteiger partial charge in [-0.3, -0.25) is 0 Å². The van der Waals surface area contributed by atoms with Crippen molar-refractivity contribution < 1.29 is 42.9 Å². The first-order valence-electron chi connectivity index (χ1n) is 16.0. The number of hydrogen-bond acceptors (Lipinski definition) is 9. The fourth-order valence-electron chi connectivity index (χ4n) is 4.34. The number of unbranched alkanes of at least 4 members (excludes halogenated alkanes) is 2. The molecular weight excluding hydrogens is 624 g/mol. The highest BCUT2D eigenvalue weighted by Gasteiger charge is 2.12. The molecule has 0 spiro atoms. The van der Waals surface area contributed by atoms with Crippen molar-refractivity contribution in [2.45, 2.75) is 32.6 Å². The molecule has 49 heavy (non-hydrogen) atoms. The lowest BCUT2D eigenvalue weighted by atomic mass is 10.0. The highest BCUT2D eigenvalue weighted by molar-refractivity contribution is 5.93. The molecule has 0 bridgehead atoms. The quantitative estimate of drug-likeness (QED) is 0.0480. The first-order valence-corrected chi connectivity index (χ1v) is 16.0. The minimum absolute atomic E-state index is 0.275. The van der Waals surface area contributed by atoms with Crippen LogP contribution in [-0.2, 0) is 19.1 Å². The van der Waals surface area contributed by atoms with Crippen LogP contribution in [0.25, 0.3) is 17.2 Å². The molecule has 0 aromatic heterocycles. The Balaban J connectivity index is 1.21. The summed E-state index contributed by atoms with van der Waals surface area (Å²) in [5.74, 6) is -0.664. The molecule has 9 heteroatoms. The van der Waals surface area contributed by atoms with Gasteiger partial charge in [0.2, 0.25) is 0 Å². The van der Waals surface area contributed by atoms with Gasteiger partial charge in [-0.2, -0.15) is 0 Å². The molecule has 4 aromatic rings. The summed E-state index contributed by atoms with van der Waals surface area (Å²) in [5, 5.41) is 0. The summed E-state index contributed by atoms with van der Waals surface area (Å²) in [4.78, 5) is 48.2. The smallest absolute Gasteiger partial charge is 0.343 e. The van der Waals surface area contributed by atoms with E-state index in [1.165, 1.54) is 30.3 Å². The minimum atomic E-state index is -0.556. The molecule has 0 radical (unpaired) electrons. The van der Waals surface area contributed by atoms with E-state index in [1.54, 1.807) is 42.5 Å². The fourth-order valence-corrected chi connectivity index (χ4v) is 4.34. The van der Waals surface area contributed by atoms with Crippen molar-refractivity contribution in [1.29, 1.82) is 0 Å². The zero-order valence-electron chi connectivity index (χ0n) is 27.3. The van der Waals surface area contributed by atoms with Gasteiger partial charge in [-0.05, 0) is 103 Å². The second-order valence-corrected chi connectivity index (χ2v) is 10.8. The SMILES string of the molecule is C=CC(=O)OCCCCOc1ccc(C(=O)Oc2ccc(C(=O)Oc3ccc(-c4ccc(/C=C/C(=O)OCCCC)cc4)cc3)cc2)cc1. The van der Waals surface area contributed by atoms with Crippen molar-refractivity contribution in [3.8, 4) is 28.4 Å². The number of benzene rings is 4. The van der Waals surface area contributed by atoms with Crippen molar-refractivity contribution in [1.82, 2.24) is 0 Å². The van der Waals surface area contributed by atoms with Gasteiger partial charge < -0.3 is 23.7 Å². The Morgan fingerprint density at radius 1 is 0.571 bits per heavy atom. The van der Waals surface area contributed by atoms with Crippen LogP contribution in [0, 0.1) is 0 Å². The lowest BCUT2D eigenvalue weighted by Gasteiger charge is -2.09. The summed E-state index contributed by atoms with van der Waals surface area (Å²) < 4.78 is 26.7. The zero-order valence-corrected chi connectivity index (χ0v) is 27.3. The van der Waals surface area contributed by atoms with E-state index in [0.717, 1.165) is 35.6 Å². The van der Waals surface area contributed by atoms with E-state index in [1.807, 2.05) is 43.3 Å². The Bertz CT molecular complexity index is 1720. The Morgan fingerprint density at radius 2 is 1.04 bits per heavy atom. The maximum atomic E-state index is 12.7. The van der Waals surface area contributed by atoms with E-state index in [9.17, 15) is 19.2 Å². The van der Waals surface area contributed by atoms with Gasteiger partial charge >= 0.3 is 23.9 Å². The Kier molecular flexibility index (Phi) is 13.9. The number of esters is 4. The molecule has 0 N–H and O–H groups in total. The monoisotopic (exact) mass is 662 g/mol. The van der Waals surface area contributed by atoms with Crippen LogP contribution in [-0.4, -0.2) is 43.7 Å². The van der Waals surface area contributed by atoms with Crippen LogP contribution in [0.4, 0.5) is 0 Å². The third kappa shape index (κ3) is 12.0. The first-order chi connectivity index (χ1) is 23.8. The fraction of sp³-hybridized carbons (Fsp3) is 0.200. The second-order valence-electron chi connectivity index (χ2n) is 10.8. The molecule has 0 fully saturated rings. The van der Waals surface area contributed by atoms with Crippen LogP contribution < -0.4 is 14.2 Å². The minimum Gasteiger partial charge on any atom is -0.494 e. The zero-order chi connectivity index (χ0) is 34.8. The summed E-state index contributed by atoms with van der Waals surface area (Å²) >= 11 is 0.